The van der Waals surface area contributed by atoms with Gasteiger partial charge in [-0.15, -0.1) is 11.3 Å². The molecule has 17 heavy (non-hydrogen) atoms. The minimum atomic E-state index is 0.138. The van der Waals surface area contributed by atoms with Crippen LogP contribution in [0.25, 0.3) is 0 Å². The number of nitrogens with zero attached hydrogens (tertiary/aromatic N) is 2. The van der Waals surface area contributed by atoms with Crippen molar-refractivity contribution in [3.8, 4) is 0 Å². The van der Waals surface area contributed by atoms with Gasteiger partial charge in [-0.3, -0.25) is 4.98 Å². The Hall–Kier alpha value is -0.450. The molecule has 0 saturated heterocycles. The van der Waals surface area contributed by atoms with Crippen molar-refractivity contribution in [2.45, 2.75) is 45.2 Å². The zero-order valence-corrected chi connectivity index (χ0v) is 12.5. The predicted octanol–water partition coefficient (Wildman–Crippen LogP) is 2.39. The monoisotopic (exact) mass is 255 g/mol. The number of hydrogen-bond acceptors (Lipinski definition) is 4. The Bertz CT molecular complexity index is 306. The van der Waals surface area contributed by atoms with Crippen LogP contribution in [0.5, 0.6) is 0 Å². The van der Waals surface area contributed by atoms with Crippen molar-refractivity contribution in [3.05, 3.63) is 16.6 Å². The fraction of sp³-hybridized carbons (Fsp3) is 0.769. The third-order valence-electron chi connectivity index (χ3n) is 3.53. The molecule has 0 amide bonds. The molecule has 0 aliphatic carbocycles. The van der Waals surface area contributed by atoms with E-state index in [1.807, 2.05) is 11.7 Å². The van der Waals surface area contributed by atoms with E-state index < -0.39 is 0 Å². The van der Waals surface area contributed by atoms with Crippen LogP contribution in [0, 0.1) is 0 Å². The molecule has 1 N–H and O–H groups in total. The Morgan fingerprint density at radius 3 is 2.65 bits per heavy atom. The van der Waals surface area contributed by atoms with Crippen LogP contribution in [0.3, 0.4) is 0 Å². The van der Waals surface area contributed by atoms with Crippen molar-refractivity contribution in [2.24, 2.45) is 0 Å². The second-order valence-electron chi connectivity index (χ2n) is 5.23. The minimum Gasteiger partial charge on any atom is -0.312 e. The predicted molar refractivity (Wildman–Crippen MR) is 75.7 cm³/mol. The topological polar surface area (TPSA) is 28.2 Å². The number of thiazole rings is 1. The molecule has 0 bridgehead atoms. The van der Waals surface area contributed by atoms with Crippen molar-refractivity contribution in [3.63, 3.8) is 0 Å². The smallest absolute Gasteiger partial charge is 0.0794 e. The van der Waals surface area contributed by atoms with E-state index in [1.54, 1.807) is 11.3 Å². The number of likely N-dealkylation sites (N-methyl/N-ethyl adjacent to an activating group) is 1. The Kier molecular flexibility index (Phi) is 5.56. The summed E-state index contributed by atoms with van der Waals surface area (Å²) in [7, 11) is 4.29. The summed E-state index contributed by atoms with van der Waals surface area (Å²) in [5, 5.41) is 3.67. The van der Waals surface area contributed by atoms with E-state index in [9.17, 15) is 0 Å². The largest absolute Gasteiger partial charge is 0.312 e. The lowest BCUT2D eigenvalue weighted by Crippen LogP contribution is -2.56. The molecule has 3 nitrogen and oxygen atoms in total. The molecule has 1 atom stereocenters. The van der Waals surface area contributed by atoms with Gasteiger partial charge in [0.05, 0.1) is 5.51 Å². The molecule has 0 aromatic carbocycles. The lowest BCUT2D eigenvalue weighted by Gasteiger charge is -2.40. The van der Waals surface area contributed by atoms with E-state index >= 15 is 0 Å². The summed E-state index contributed by atoms with van der Waals surface area (Å²) in [6.07, 6.45) is 4.20. The van der Waals surface area contributed by atoms with Crippen LogP contribution in [0.4, 0.5) is 0 Å². The lowest BCUT2D eigenvalue weighted by atomic mass is 9.90. The molecule has 0 fully saturated rings. The average Bonchev–Trinajstić information content (AvgIpc) is 2.76. The minimum absolute atomic E-state index is 0.138. The molecule has 1 aromatic heterocycles. The van der Waals surface area contributed by atoms with Gasteiger partial charge in [0.25, 0.3) is 0 Å². The fourth-order valence-corrected chi connectivity index (χ4v) is 2.39. The maximum Gasteiger partial charge on any atom is 0.0794 e. The molecule has 98 valence electrons. The molecule has 1 heterocycles. The van der Waals surface area contributed by atoms with Gasteiger partial charge in [-0.1, -0.05) is 6.92 Å². The van der Waals surface area contributed by atoms with Gasteiger partial charge in [-0.2, -0.15) is 0 Å². The number of nitrogens with one attached hydrogen (secondary N) is 1. The quantitative estimate of drug-likeness (QED) is 0.811. The molecule has 1 unspecified atom stereocenters. The average molecular weight is 255 g/mol. The van der Waals surface area contributed by atoms with Crippen molar-refractivity contribution in [1.82, 2.24) is 15.2 Å². The van der Waals surface area contributed by atoms with E-state index in [1.165, 1.54) is 11.3 Å². The first-order chi connectivity index (χ1) is 7.98. The summed E-state index contributed by atoms with van der Waals surface area (Å²) in [4.78, 5) is 7.81. The highest BCUT2D eigenvalue weighted by Gasteiger charge is 2.31. The van der Waals surface area contributed by atoms with Crippen LogP contribution >= 0.6 is 11.3 Å². The van der Waals surface area contributed by atoms with Crippen LogP contribution < -0.4 is 5.32 Å². The van der Waals surface area contributed by atoms with Gasteiger partial charge in [0.2, 0.25) is 0 Å². The summed E-state index contributed by atoms with van der Waals surface area (Å²) in [6, 6.07) is 0.456. The molecule has 0 spiro atoms. The standard InChI is InChI=1S/C13H25N3S/c1-6-7-15-12(13(2,3)16(4)5)8-11-9-14-10-17-11/h9-10,12,15H,6-8H2,1-5H3. The van der Waals surface area contributed by atoms with Gasteiger partial charge >= 0.3 is 0 Å². The Morgan fingerprint density at radius 1 is 1.47 bits per heavy atom. The lowest BCUT2D eigenvalue weighted by molar-refractivity contribution is 0.137. The van der Waals surface area contributed by atoms with Gasteiger partial charge in [0, 0.05) is 29.1 Å². The Balaban J connectivity index is 2.72. The first kappa shape index (κ1) is 14.6. The molecule has 0 saturated carbocycles. The summed E-state index contributed by atoms with van der Waals surface area (Å²) in [5.74, 6) is 0. The van der Waals surface area contributed by atoms with E-state index in [4.69, 9.17) is 0 Å². The first-order valence-electron chi connectivity index (χ1n) is 6.26. The zero-order valence-electron chi connectivity index (χ0n) is 11.7. The molecule has 1 aromatic rings. The SMILES string of the molecule is CCCNC(Cc1cncs1)C(C)(C)N(C)C. The van der Waals surface area contributed by atoms with Crippen LogP contribution in [0.15, 0.2) is 11.7 Å². The normalized spacial score (nSPS) is 14.2. The molecular formula is C13H25N3S. The van der Waals surface area contributed by atoms with E-state index in [0.717, 1.165) is 13.0 Å². The highest BCUT2D eigenvalue weighted by Crippen LogP contribution is 2.21. The highest BCUT2D eigenvalue weighted by atomic mass is 32.1. The van der Waals surface area contributed by atoms with Crippen molar-refractivity contribution in [2.75, 3.05) is 20.6 Å². The van der Waals surface area contributed by atoms with Crippen LogP contribution in [0.2, 0.25) is 0 Å². The maximum atomic E-state index is 4.16. The zero-order chi connectivity index (χ0) is 12.9. The third-order valence-corrected chi connectivity index (χ3v) is 4.34. The number of hydrogen-bond donors (Lipinski definition) is 1. The van der Waals surface area contributed by atoms with Crippen LogP contribution in [-0.4, -0.2) is 42.1 Å². The summed E-state index contributed by atoms with van der Waals surface area (Å²) >= 11 is 1.74. The van der Waals surface area contributed by atoms with E-state index in [-0.39, 0.29) is 5.54 Å². The third kappa shape index (κ3) is 4.05. The molecule has 0 aliphatic heterocycles. The second kappa shape index (κ2) is 6.47. The van der Waals surface area contributed by atoms with Crippen LogP contribution in [-0.2, 0) is 6.42 Å². The maximum absolute atomic E-state index is 4.16. The van der Waals surface area contributed by atoms with E-state index in [0.29, 0.717) is 6.04 Å². The van der Waals surface area contributed by atoms with Gasteiger partial charge in [0.15, 0.2) is 0 Å². The van der Waals surface area contributed by atoms with Gasteiger partial charge in [0.1, 0.15) is 0 Å². The van der Waals surface area contributed by atoms with Gasteiger partial charge < -0.3 is 10.2 Å². The molecule has 1 rings (SSSR count). The molecule has 0 radical (unpaired) electrons. The fourth-order valence-electron chi connectivity index (χ4n) is 1.75. The summed E-state index contributed by atoms with van der Waals surface area (Å²) in [5.41, 5.74) is 2.05. The molecular weight excluding hydrogens is 230 g/mol. The Morgan fingerprint density at radius 2 is 2.18 bits per heavy atom. The second-order valence-corrected chi connectivity index (χ2v) is 6.20. The summed E-state index contributed by atoms with van der Waals surface area (Å²) in [6.45, 7) is 7.86. The summed E-state index contributed by atoms with van der Waals surface area (Å²) < 4.78 is 0. The number of aromatic nitrogens is 1. The van der Waals surface area contributed by atoms with Crippen LogP contribution in [0.1, 0.15) is 32.1 Å². The molecule has 0 aliphatic rings. The first-order valence-corrected chi connectivity index (χ1v) is 7.14. The molecule has 4 heteroatoms. The van der Waals surface area contributed by atoms with Crippen molar-refractivity contribution in [1.29, 1.82) is 0 Å². The Labute approximate surface area is 109 Å². The van der Waals surface area contributed by atoms with Crippen molar-refractivity contribution >= 4 is 11.3 Å². The van der Waals surface area contributed by atoms with Gasteiger partial charge in [-0.05, 0) is 40.9 Å². The highest BCUT2D eigenvalue weighted by molar-refractivity contribution is 7.09. The number of rotatable bonds is 7. The van der Waals surface area contributed by atoms with Crippen molar-refractivity contribution < 1.29 is 0 Å². The van der Waals surface area contributed by atoms with Gasteiger partial charge in [-0.25, -0.2) is 0 Å². The van der Waals surface area contributed by atoms with E-state index in [2.05, 4.69) is 50.1 Å².